The molecule has 0 aromatic heterocycles. The lowest BCUT2D eigenvalue weighted by atomic mass is 10.1. The van der Waals surface area contributed by atoms with Gasteiger partial charge in [0.1, 0.15) is 5.75 Å². The number of methoxy groups -OCH3 is 1. The van der Waals surface area contributed by atoms with E-state index >= 15 is 0 Å². The van der Waals surface area contributed by atoms with Crippen LogP contribution in [0.25, 0.3) is 0 Å². The zero-order valence-corrected chi connectivity index (χ0v) is 12.5. The van der Waals surface area contributed by atoms with Gasteiger partial charge in [-0.25, -0.2) is 0 Å². The number of nitrogens with one attached hydrogen (secondary N) is 1. The minimum absolute atomic E-state index is 0.307. The van der Waals surface area contributed by atoms with Crippen molar-refractivity contribution in [3.05, 3.63) is 57.6 Å². The third-order valence-electron chi connectivity index (χ3n) is 2.78. The fourth-order valence-corrected chi connectivity index (χ4v) is 2.28. The molecule has 0 radical (unpaired) electrons. The maximum absolute atomic E-state index is 12.2. The Morgan fingerprint density at radius 1 is 1.15 bits per heavy atom. The van der Waals surface area contributed by atoms with Gasteiger partial charge in [0.25, 0.3) is 5.91 Å². The number of carbonyl (C=O) groups is 1. The summed E-state index contributed by atoms with van der Waals surface area (Å²) >= 11 is 11.8. The number of ether oxygens (including phenoxy) is 1. The molecule has 2 rings (SSSR count). The van der Waals surface area contributed by atoms with Crippen LogP contribution < -0.4 is 10.1 Å². The molecule has 0 unspecified atom stereocenters. The monoisotopic (exact) mass is 309 g/mol. The predicted molar refractivity (Wildman–Crippen MR) is 82.1 cm³/mol. The Labute approximate surface area is 127 Å². The number of amides is 1. The molecule has 0 aliphatic rings. The first-order chi connectivity index (χ1) is 9.51. The summed E-state index contributed by atoms with van der Waals surface area (Å²) in [7, 11) is 1.55. The van der Waals surface area contributed by atoms with Gasteiger partial charge in [0.2, 0.25) is 0 Å². The highest BCUT2D eigenvalue weighted by molar-refractivity contribution is 6.37. The summed E-state index contributed by atoms with van der Waals surface area (Å²) in [6.07, 6.45) is 0. The van der Waals surface area contributed by atoms with E-state index in [1.54, 1.807) is 25.3 Å². The number of aryl methyl sites for hydroxylation is 1. The van der Waals surface area contributed by atoms with Gasteiger partial charge >= 0.3 is 0 Å². The average molecular weight is 310 g/mol. The minimum Gasteiger partial charge on any atom is -0.495 e. The minimum atomic E-state index is -0.310. The van der Waals surface area contributed by atoms with E-state index in [0.29, 0.717) is 27.0 Å². The van der Waals surface area contributed by atoms with Crippen molar-refractivity contribution < 1.29 is 9.53 Å². The van der Waals surface area contributed by atoms with Gasteiger partial charge in [0.05, 0.1) is 23.4 Å². The second-order valence-corrected chi connectivity index (χ2v) is 5.13. The Morgan fingerprint density at radius 3 is 2.55 bits per heavy atom. The number of halogens is 2. The predicted octanol–water partition coefficient (Wildman–Crippen LogP) is 4.56. The highest BCUT2D eigenvalue weighted by Gasteiger charge is 2.13. The zero-order chi connectivity index (χ0) is 14.7. The van der Waals surface area contributed by atoms with E-state index in [-0.39, 0.29) is 5.91 Å². The molecule has 104 valence electrons. The van der Waals surface area contributed by atoms with E-state index < -0.39 is 0 Å². The van der Waals surface area contributed by atoms with Crippen LogP contribution in [0, 0.1) is 6.92 Å². The number of hydrogen-bond acceptors (Lipinski definition) is 2. The zero-order valence-electron chi connectivity index (χ0n) is 11.0. The van der Waals surface area contributed by atoms with Gasteiger partial charge in [-0.1, -0.05) is 29.3 Å². The Kier molecular flexibility index (Phi) is 4.53. The van der Waals surface area contributed by atoms with Gasteiger partial charge in [-0.15, -0.1) is 0 Å². The van der Waals surface area contributed by atoms with E-state index in [0.717, 1.165) is 5.56 Å². The van der Waals surface area contributed by atoms with Crippen LogP contribution in [0.5, 0.6) is 5.75 Å². The van der Waals surface area contributed by atoms with Gasteiger partial charge in [0.15, 0.2) is 0 Å². The number of benzene rings is 2. The van der Waals surface area contributed by atoms with Gasteiger partial charge in [-0.3, -0.25) is 4.79 Å². The molecule has 3 nitrogen and oxygen atoms in total. The Morgan fingerprint density at radius 2 is 1.90 bits per heavy atom. The quantitative estimate of drug-likeness (QED) is 0.902. The lowest BCUT2D eigenvalue weighted by Crippen LogP contribution is -2.13. The van der Waals surface area contributed by atoms with E-state index in [2.05, 4.69) is 5.32 Å². The number of hydrogen-bond donors (Lipinski definition) is 1. The van der Waals surface area contributed by atoms with E-state index in [1.165, 1.54) is 6.07 Å². The molecule has 0 bridgehead atoms. The maximum atomic E-state index is 12.2. The summed E-state index contributed by atoms with van der Waals surface area (Å²) in [5.41, 5.74) is 1.98. The molecule has 1 amide bonds. The fourth-order valence-electron chi connectivity index (χ4n) is 1.78. The molecule has 2 aromatic carbocycles. The molecule has 0 saturated carbocycles. The van der Waals surface area contributed by atoms with Crippen molar-refractivity contribution in [1.82, 2.24) is 0 Å². The van der Waals surface area contributed by atoms with Gasteiger partial charge < -0.3 is 10.1 Å². The van der Waals surface area contributed by atoms with Crippen LogP contribution in [-0.2, 0) is 0 Å². The van der Waals surface area contributed by atoms with Crippen molar-refractivity contribution in [2.45, 2.75) is 6.92 Å². The second kappa shape index (κ2) is 6.16. The fraction of sp³-hybridized carbons (Fsp3) is 0.133. The standard InChI is InChI=1S/C15H13Cl2NO2/c1-9-3-6-14(20-2)13(7-9)18-15(19)11-5-4-10(16)8-12(11)17/h3-8H,1-2H3,(H,18,19). The van der Waals surface area contributed by atoms with Crippen molar-refractivity contribution in [3.63, 3.8) is 0 Å². The molecule has 1 N–H and O–H groups in total. The molecule has 0 heterocycles. The first kappa shape index (κ1) is 14.7. The first-order valence-electron chi connectivity index (χ1n) is 5.92. The Balaban J connectivity index is 2.30. The summed E-state index contributed by atoms with van der Waals surface area (Å²) in [6, 6.07) is 10.3. The van der Waals surface area contributed by atoms with E-state index in [4.69, 9.17) is 27.9 Å². The molecule has 0 aliphatic heterocycles. The molecule has 5 heteroatoms. The summed E-state index contributed by atoms with van der Waals surface area (Å²) in [5.74, 6) is 0.282. The normalized spacial score (nSPS) is 10.2. The van der Waals surface area contributed by atoms with Crippen LogP contribution in [0.3, 0.4) is 0 Å². The number of anilines is 1. The third kappa shape index (κ3) is 3.24. The highest BCUT2D eigenvalue weighted by Crippen LogP contribution is 2.27. The average Bonchev–Trinajstić information content (AvgIpc) is 2.38. The van der Waals surface area contributed by atoms with E-state index in [1.807, 2.05) is 19.1 Å². The lowest BCUT2D eigenvalue weighted by Gasteiger charge is -2.11. The second-order valence-electron chi connectivity index (χ2n) is 4.28. The molecule has 0 saturated heterocycles. The molecule has 0 aliphatic carbocycles. The van der Waals surface area contributed by atoms with Gasteiger partial charge in [-0.05, 0) is 42.8 Å². The molecule has 0 fully saturated rings. The lowest BCUT2D eigenvalue weighted by molar-refractivity contribution is 0.102. The van der Waals surface area contributed by atoms with Crippen molar-refractivity contribution in [2.75, 3.05) is 12.4 Å². The summed E-state index contributed by atoms with van der Waals surface area (Å²) in [5, 5.41) is 3.58. The van der Waals surface area contributed by atoms with Gasteiger partial charge in [0, 0.05) is 5.02 Å². The summed E-state index contributed by atoms with van der Waals surface area (Å²) < 4.78 is 5.22. The first-order valence-corrected chi connectivity index (χ1v) is 6.68. The maximum Gasteiger partial charge on any atom is 0.257 e. The SMILES string of the molecule is COc1ccc(C)cc1NC(=O)c1ccc(Cl)cc1Cl. The third-order valence-corrected chi connectivity index (χ3v) is 3.33. The van der Waals surface area contributed by atoms with Crippen LogP contribution in [0.2, 0.25) is 10.0 Å². The molecule has 2 aromatic rings. The van der Waals surface area contributed by atoms with Crippen molar-refractivity contribution in [3.8, 4) is 5.75 Å². The van der Waals surface area contributed by atoms with Crippen LogP contribution in [0.15, 0.2) is 36.4 Å². The van der Waals surface area contributed by atoms with E-state index in [9.17, 15) is 4.79 Å². The summed E-state index contributed by atoms with van der Waals surface area (Å²) in [6.45, 7) is 1.93. The highest BCUT2D eigenvalue weighted by atomic mass is 35.5. The molecular formula is C15H13Cl2NO2. The molecular weight excluding hydrogens is 297 g/mol. The van der Waals surface area contributed by atoms with Crippen LogP contribution >= 0.6 is 23.2 Å². The number of carbonyl (C=O) groups excluding carboxylic acids is 1. The Hall–Kier alpha value is -1.71. The largest absolute Gasteiger partial charge is 0.495 e. The number of rotatable bonds is 3. The smallest absolute Gasteiger partial charge is 0.257 e. The van der Waals surface area contributed by atoms with Crippen LogP contribution in [-0.4, -0.2) is 13.0 Å². The van der Waals surface area contributed by atoms with Crippen molar-refractivity contribution >= 4 is 34.8 Å². The van der Waals surface area contributed by atoms with Crippen molar-refractivity contribution in [2.24, 2.45) is 0 Å². The van der Waals surface area contributed by atoms with Gasteiger partial charge in [-0.2, -0.15) is 0 Å². The van der Waals surface area contributed by atoms with Crippen LogP contribution in [0.1, 0.15) is 15.9 Å². The Bertz CT molecular complexity index is 656. The molecule has 20 heavy (non-hydrogen) atoms. The molecule has 0 atom stereocenters. The summed E-state index contributed by atoms with van der Waals surface area (Å²) in [4.78, 5) is 12.2. The van der Waals surface area contributed by atoms with Crippen LogP contribution in [0.4, 0.5) is 5.69 Å². The topological polar surface area (TPSA) is 38.3 Å². The molecule has 0 spiro atoms. The van der Waals surface area contributed by atoms with Crippen molar-refractivity contribution in [1.29, 1.82) is 0 Å².